The Morgan fingerprint density at radius 2 is 2.03 bits per heavy atom. The van der Waals surface area contributed by atoms with Gasteiger partial charge in [-0.3, -0.25) is 4.79 Å². The molecule has 0 aromatic heterocycles. The lowest BCUT2D eigenvalue weighted by atomic mass is 10.2. The SMILES string of the molecule is CCN(Cc1ccc2c(c1)OCO2)C(=O)COC(=O)/C=C/c1c(F)cccc1Cl. The van der Waals surface area contributed by atoms with E-state index in [-0.39, 0.29) is 23.3 Å². The van der Waals surface area contributed by atoms with Crippen molar-refractivity contribution in [1.29, 1.82) is 0 Å². The number of carbonyl (C=O) groups excluding carboxylic acids is 2. The number of rotatable bonds is 7. The molecule has 6 nitrogen and oxygen atoms in total. The van der Waals surface area contributed by atoms with E-state index in [1.54, 1.807) is 11.0 Å². The van der Waals surface area contributed by atoms with E-state index in [9.17, 15) is 14.0 Å². The Morgan fingerprint density at radius 3 is 2.79 bits per heavy atom. The van der Waals surface area contributed by atoms with Crippen LogP contribution in [0.4, 0.5) is 4.39 Å². The van der Waals surface area contributed by atoms with E-state index in [1.165, 1.54) is 24.3 Å². The molecule has 2 aromatic carbocycles. The molecule has 2 aromatic rings. The number of ether oxygens (including phenoxy) is 3. The molecule has 3 rings (SSSR count). The van der Waals surface area contributed by atoms with Crippen molar-refractivity contribution in [3.63, 3.8) is 0 Å². The second-order valence-corrected chi connectivity index (χ2v) is 6.58. The van der Waals surface area contributed by atoms with Crippen LogP contribution < -0.4 is 9.47 Å². The van der Waals surface area contributed by atoms with Crippen molar-refractivity contribution in [2.45, 2.75) is 13.5 Å². The van der Waals surface area contributed by atoms with E-state index in [2.05, 4.69) is 0 Å². The van der Waals surface area contributed by atoms with Crippen molar-refractivity contribution >= 4 is 29.6 Å². The molecular weight excluding hydrogens is 401 g/mol. The Hall–Kier alpha value is -3.06. The summed E-state index contributed by atoms with van der Waals surface area (Å²) in [5.41, 5.74) is 0.945. The number of likely N-dealkylation sites (N-methyl/N-ethyl adjacent to an activating group) is 1. The van der Waals surface area contributed by atoms with Crippen LogP contribution in [0.3, 0.4) is 0 Å². The lowest BCUT2D eigenvalue weighted by molar-refractivity contribution is -0.148. The highest BCUT2D eigenvalue weighted by Crippen LogP contribution is 2.32. The number of fused-ring (bicyclic) bond motifs is 1. The van der Waals surface area contributed by atoms with Gasteiger partial charge in [-0.1, -0.05) is 23.7 Å². The summed E-state index contributed by atoms with van der Waals surface area (Å²) in [4.78, 5) is 25.8. The Morgan fingerprint density at radius 1 is 1.24 bits per heavy atom. The van der Waals surface area contributed by atoms with Crippen molar-refractivity contribution in [2.75, 3.05) is 19.9 Å². The van der Waals surface area contributed by atoms with Gasteiger partial charge in [0.1, 0.15) is 5.82 Å². The van der Waals surface area contributed by atoms with E-state index in [0.29, 0.717) is 24.6 Å². The third-order valence-corrected chi connectivity index (χ3v) is 4.60. The van der Waals surface area contributed by atoms with Gasteiger partial charge in [0.15, 0.2) is 18.1 Å². The first-order chi connectivity index (χ1) is 14.0. The van der Waals surface area contributed by atoms with E-state index in [1.807, 2.05) is 19.1 Å². The standard InChI is InChI=1S/C21H19ClFNO5/c1-2-24(11-14-6-8-18-19(10-14)29-13-28-18)20(25)12-27-21(26)9-7-15-16(22)4-3-5-17(15)23/h3-10H,2,11-13H2,1H3/b9-7+. The van der Waals surface area contributed by atoms with Gasteiger partial charge in [0.25, 0.3) is 5.91 Å². The predicted molar refractivity (Wildman–Crippen MR) is 105 cm³/mol. The third kappa shape index (κ3) is 5.26. The van der Waals surface area contributed by atoms with Gasteiger partial charge in [-0.25, -0.2) is 9.18 Å². The average molecular weight is 420 g/mol. The maximum Gasteiger partial charge on any atom is 0.331 e. The van der Waals surface area contributed by atoms with Crippen LogP contribution in [-0.4, -0.2) is 36.7 Å². The number of hydrogen-bond acceptors (Lipinski definition) is 5. The summed E-state index contributed by atoms with van der Waals surface area (Å²) >= 11 is 5.89. The van der Waals surface area contributed by atoms with Gasteiger partial charge < -0.3 is 19.1 Å². The third-order valence-electron chi connectivity index (χ3n) is 4.27. The molecule has 0 aliphatic carbocycles. The van der Waals surface area contributed by atoms with Gasteiger partial charge in [0.2, 0.25) is 6.79 Å². The van der Waals surface area contributed by atoms with Crippen LogP contribution in [-0.2, 0) is 20.9 Å². The molecule has 0 N–H and O–H groups in total. The van der Waals surface area contributed by atoms with Crippen molar-refractivity contribution in [2.24, 2.45) is 0 Å². The maximum atomic E-state index is 13.7. The zero-order valence-corrected chi connectivity index (χ0v) is 16.4. The molecule has 1 aliphatic rings. The molecule has 0 fully saturated rings. The molecule has 1 amide bonds. The van der Waals surface area contributed by atoms with Gasteiger partial charge in [-0.15, -0.1) is 0 Å². The van der Waals surface area contributed by atoms with E-state index >= 15 is 0 Å². The highest BCUT2D eigenvalue weighted by Gasteiger charge is 2.17. The van der Waals surface area contributed by atoms with Gasteiger partial charge in [0, 0.05) is 24.7 Å². The van der Waals surface area contributed by atoms with Crippen molar-refractivity contribution in [3.8, 4) is 11.5 Å². The Bertz CT molecular complexity index is 926. The molecule has 152 valence electrons. The first-order valence-electron chi connectivity index (χ1n) is 8.93. The van der Waals surface area contributed by atoms with E-state index < -0.39 is 18.4 Å². The monoisotopic (exact) mass is 419 g/mol. The average Bonchev–Trinajstić information content (AvgIpc) is 3.17. The number of hydrogen-bond donors (Lipinski definition) is 0. The molecule has 8 heteroatoms. The molecule has 0 spiro atoms. The maximum absolute atomic E-state index is 13.7. The molecule has 29 heavy (non-hydrogen) atoms. The molecule has 1 aliphatic heterocycles. The highest BCUT2D eigenvalue weighted by molar-refractivity contribution is 6.32. The fraction of sp³-hybridized carbons (Fsp3) is 0.238. The number of carbonyl (C=O) groups is 2. The number of nitrogens with zero attached hydrogens (tertiary/aromatic N) is 1. The Balaban J connectivity index is 1.54. The minimum atomic E-state index is -0.767. The zero-order valence-electron chi connectivity index (χ0n) is 15.7. The first-order valence-corrected chi connectivity index (χ1v) is 9.31. The molecule has 1 heterocycles. The smallest absolute Gasteiger partial charge is 0.331 e. The van der Waals surface area contributed by atoms with Crippen LogP contribution in [0.5, 0.6) is 11.5 Å². The largest absolute Gasteiger partial charge is 0.454 e. The Labute approximate surface area is 172 Å². The van der Waals surface area contributed by atoms with Gasteiger partial charge in [-0.05, 0) is 42.8 Å². The lowest BCUT2D eigenvalue weighted by Gasteiger charge is -2.20. The summed E-state index contributed by atoms with van der Waals surface area (Å²) < 4.78 is 29.3. The van der Waals surface area contributed by atoms with Crippen LogP contribution >= 0.6 is 11.6 Å². The van der Waals surface area contributed by atoms with Crippen LogP contribution in [0.15, 0.2) is 42.5 Å². The van der Waals surface area contributed by atoms with Crippen LogP contribution in [0.2, 0.25) is 5.02 Å². The number of halogens is 2. The number of amides is 1. The van der Waals surface area contributed by atoms with Crippen LogP contribution in [0.1, 0.15) is 18.1 Å². The lowest BCUT2D eigenvalue weighted by Crippen LogP contribution is -2.33. The molecular formula is C21H19ClFNO5. The summed E-state index contributed by atoms with van der Waals surface area (Å²) in [6, 6.07) is 9.64. The number of benzene rings is 2. The van der Waals surface area contributed by atoms with Gasteiger partial charge >= 0.3 is 5.97 Å². The molecule has 0 radical (unpaired) electrons. The number of esters is 1. The second-order valence-electron chi connectivity index (χ2n) is 6.17. The fourth-order valence-electron chi connectivity index (χ4n) is 2.73. The fourth-order valence-corrected chi connectivity index (χ4v) is 2.96. The summed E-state index contributed by atoms with van der Waals surface area (Å²) in [5.74, 6) is -0.376. The van der Waals surface area contributed by atoms with Gasteiger partial charge in [0.05, 0.1) is 5.02 Å². The molecule has 0 saturated heterocycles. The molecule has 0 bridgehead atoms. The van der Waals surface area contributed by atoms with Crippen LogP contribution in [0, 0.1) is 5.82 Å². The minimum absolute atomic E-state index is 0.0791. The quantitative estimate of drug-likeness (QED) is 0.504. The van der Waals surface area contributed by atoms with Crippen LogP contribution in [0.25, 0.3) is 6.08 Å². The topological polar surface area (TPSA) is 65.1 Å². The van der Waals surface area contributed by atoms with Gasteiger partial charge in [-0.2, -0.15) is 0 Å². The molecule has 0 atom stereocenters. The summed E-state index contributed by atoms with van der Waals surface area (Å²) in [7, 11) is 0. The van der Waals surface area contributed by atoms with Crippen molar-refractivity contribution < 1.29 is 28.2 Å². The summed E-state index contributed by atoms with van der Waals surface area (Å²) in [6.07, 6.45) is 2.25. The van der Waals surface area contributed by atoms with Crippen molar-refractivity contribution in [3.05, 3.63) is 64.4 Å². The van der Waals surface area contributed by atoms with E-state index in [0.717, 1.165) is 11.6 Å². The second kappa shape index (κ2) is 9.43. The highest BCUT2D eigenvalue weighted by atomic mass is 35.5. The zero-order chi connectivity index (χ0) is 20.8. The molecule has 0 saturated carbocycles. The summed E-state index contributed by atoms with van der Waals surface area (Å²) in [5, 5.41) is 0.172. The Kier molecular flexibility index (Phi) is 6.72. The van der Waals surface area contributed by atoms with Crippen molar-refractivity contribution in [1.82, 2.24) is 4.90 Å². The van der Waals surface area contributed by atoms with E-state index in [4.69, 9.17) is 25.8 Å². The normalized spacial score (nSPS) is 12.2. The first kappa shape index (κ1) is 20.7. The summed E-state index contributed by atoms with van der Waals surface area (Å²) in [6.45, 7) is 2.35. The predicted octanol–water partition coefficient (Wildman–Crippen LogP) is 3.81. The molecule has 0 unspecified atom stereocenters. The minimum Gasteiger partial charge on any atom is -0.454 e.